The molecule has 1 saturated heterocycles. The summed E-state index contributed by atoms with van der Waals surface area (Å²) in [4.78, 5) is 37.8. The highest BCUT2D eigenvalue weighted by Crippen LogP contribution is 2.21. The molecule has 1 aromatic rings. The van der Waals surface area contributed by atoms with Gasteiger partial charge in [-0.05, 0) is 50.8 Å². The van der Waals surface area contributed by atoms with Crippen molar-refractivity contribution in [3.63, 3.8) is 0 Å². The minimum atomic E-state index is -0.981. The second-order valence-corrected chi connectivity index (χ2v) is 6.78. The van der Waals surface area contributed by atoms with E-state index in [0.29, 0.717) is 30.8 Å². The van der Waals surface area contributed by atoms with E-state index in [-0.39, 0.29) is 11.8 Å². The molecular weight excluding hydrogens is 348 g/mol. The molecule has 2 rings (SSSR count). The zero-order valence-electron chi connectivity index (χ0n) is 15.9. The predicted molar refractivity (Wildman–Crippen MR) is 102 cm³/mol. The Bertz CT molecular complexity index is 676. The fourth-order valence-corrected chi connectivity index (χ4v) is 3.05. The van der Waals surface area contributed by atoms with Gasteiger partial charge in [0.15, 0.2) is 0 Å². The van der Waals surface area contributed by atoms with E-state index in [4.69, 9.17) is 4.74 Å². The summed E-state index contributed by atoms with van der Waals surface area (Å²) in [5, 5.41) is 12.1. The highest BCUT2D eigenvalue weighted by molar-refractivity contribution is 5.99. The molecule has 0 aliphatic carbocycles. The van der Waals surface area contributed by atoms with E-state index in [1.807, 2.05) is 6.92 Å². The van der Waals surface area contributed by atoms with E-state index in [1.54, 1.807) is 31.2 Å². The molecular formula is C20H28N2O5. The van der Waals surface area contributed by atoms with Crippen molar-refractivity contribution in [3.8, 4) is 0 Å². The Balaban J connectivity index is 2.04. The van der Waals surface area contributed by atoms with E-state index in [9.17, 15) is 19.5 Å². The second kappa shape index (κ2) is 10.1. The number of amides is 2. The Morgan fingerprint density at radius 3 is 2.81 bits per heavy atom. The van der Waals surface area contributed by atoms with Crippen molar-refractivity contribution >= 4 is 23.5 Å². The smallest absolute Gasteiger partial charge is 0.326 e. The molecule has 1 heterocycles. The van der Waals surface area contributed by atoms with Crippen molar-refractivity contribution in [1.29, 1.82) is 0 Å². The number of piperidine rings is 1. The minimum absolute atomic E-state index is 0.280. The van der Waals surface area contributed by atoms with Gasteiger partial charge in [-0.3, -0.25) is 9.59 Å². The molecule has 0 radical (unpaired) electrons. The third-order valence-electron chi connectivity index (χ3n) is 4.66. The van der Waals surface area contributed by atoms with E-state index < -0.39 is 18.1 Å². The average Bonchev–Trinajstić information content (AvgIpc) is 2.67. The molecule has 2 unspecified atom stereocenters. The average molecular weight is 376 g/mol. The number of carbonyl (C=O) groups is 3. The van der Waals surface area contributed by atoms with Crippen LogP contribution in [0.25, 0.3) is 0 Å². The monoisotopic (exact) mass is 376 g/mol. The largest absolute Gasteiger partial charge is 0.480 e. The Morgan fingerprint density at radius 2 is 2.11 bits per heavy atom. The number of unbranched alkanes of at least 4 members (excludes halogenated alkanes) is 1. The lowest BCUT2D eigenvalue weighted by Gasteiger charge is -2.33. The number of carboxylic acids is 1. The minimum Gasteiger partial charge on any atom is -0.480 e. The van der Waals surface area contributed by atoms with Crippen LogP contribution in [0.1, 0.15) is 56.3 Å². The summed E-state index contributed by atoms with van der Waals surface area (Å²) in [5.41, 5.74) is 0.848. The van der Waals surface area contributed by atoms with Gasteiger partial charge in [0.2, 0.25) is 0 Å². The van der Waals surface area contributed by atoms with Crippen LogP contribution >= 0.6 is 0 Å². The Morgan fingerprint density at radius 1 is 1.33 bits per heavy atom. The molecule has 7 nitrogen and oxygen atoms in total. The van der Waals surface area contributed by atoms with Crippen molar-refractivity contribution in [3.05, 3.63) is 29.8 Å². The number of aliphatic carboxylic acids is 1. The number of hydrogen-bond donors (Lipinski definition) is 2. The van der Waals surface area contributed by atoms with Gasteiger partial charge in [0.1, 0.15) is 12.1 Å². The molecule has 1 aromatic carbocycles. The third kappa shape index (κ3) is 5.79. The fraction of sp³-hybridized carbons (Fsp3) is 0.550. The van der Waals surface area contributed by atoms with Crippen LogP contribution in [0.4, 0.5) is 5.69 Å². The zero-order valence-corrected chi connectivity index (χ0v) is 15.9. The number of carbonyl (C=O) groups excluding carboxylic acids is 2. The molecule has 2 N–H and O–H groups in total. The molecule has 148 valence electrons. The molecule has 1 aliphatic heterocycles. The summed E-state index contributed by atoms with van der Waals surface area (Å²) in [6, 6.07) is 5.78. The first-order valence-corrected chi connectivity index (χ1v) is 9.50. The molecule has 7 heteroatoms. The van der Waals surface area contributed by atoms with Gasteiger partial charge in [-0.15, -0.1) is 0 Å². The van der Waals surface area contributed by atoms with Gasteiger partial charge in [0.05, 0.1) is 0 Å². The van der Waals surface area contributed by atoms with Gasteiger partial charge < -0.3 is 20.1 Å². The molecule has 0 spiro atoms. The molecule has 2 amide bonds. The van der Waals surface area contributed by atoms with Crippen molar-refractivity contribution < 1.29 is 24.2 Å². The number of hydrogen-bond acceptors (Lipinski definition) is 4. The summed E-state index contributed by atoms with van der Waals surface area (Å²) in [6.07, 6.45) is 3.35. The summed E-state index contributed by atoms with van der Waals surface area (Å²) < 4.78 is 5.48. The maximum atomic E-state index is 12.8. The quantitative estimate of drug-likeness (QED) is 0.680. The summed E-state index contributed by atoms with van der Waals surface area (Å²) in [6.45, 7) is 4.68. The Labute approximate surface area is 159 Å². The fourth-order valence-electron chi connectivity index (χ4n) is 3.05. The zero-order chi connectivity index (χ0) is 19.8. The van der Waals surface area contributed by atoms with Gasteiger partial charge in [-0.2, -0.15) is 0 Å². The topological polar surface area (TPSA) is 95.9 Å². The number of nitrogens with one attached hydrogen (secondary N) is 1. The summed E-state index contributed by atoms with van der Waals surface area (Å²) in [7, 11) is 0. The predicted octanol–water partition coefficient (Wildman–Crippen LogP) is 2.91. The standard InChI is InChI=1S/C20H28N2O5/c1-3-4-12-27-14(2)18(23)21-16-9-7-8-15(13-16)19(24)22-11-6-5-10-17(22)20(25)26/h7-9,13-14,17H,3-6,10-12H2,1-2H3,(H,21,23)(H,25,26). The normalized spacial score (nSPS) is 18.0. The molecule has 1 fully saturated rings. The highest BCUT2D eigenvalue weighted by atomic mass is 16.5. The van der Waals surface area contributed by atoms with Gasteiger partial charge in [0, 0.05) is 24.4 Å². The van der Waals surface area contributed by atoms with E-state index in [1.165, 1.54) is 4.90 Å². The maximum Gasteiger partial charge on any atom is 0.326 e. The summed E-state index contributed by atoms with van der Waals surface area (Å²) in [5.74, 6) is -1.59. The lowest BCUT2D eigenvalue weighted by atomic mass is 10.0. The number of ether oxygens (including phenoxy) is 1. The Hall–Kier alpha value is -2.41. The first-order chi connectivity index (χ1) is 12.9. The van der Waals surface area contributed by atoms with Crippen LogP contribution in [-0.2, 0) is 14.3 Å². The first kappa shape index (κ1) is 20.9. The first-order valence-electron chi connectivity index (χ1n) is 9.50. The van der Waals surface area contributed by atoms with Crippen LogP contribution in [-0.4, -0.2) is 53.1 Å². The van der Waals surface area contributed by atoms with Crippen LogP contribution in [0.5, 0.6) is 0 Å². The summed E-state index contributed by atoms with van der Waals surface area (Å²) >= 11 is 0. The van der Waals surface area contributed by atoms with E-state index >= 15 is 0 Å². The van der Waals surface area contributed by atoms with Gasteiger partial charge in [0.25, 0.3) is 11.8 Å². The van der Waals surface area contributed by atoms with Crippen LogP contribution < -0.4 is 5.32 Å². The van der Waals surface area contributed by atoms with E-state index in [0.717, 1.165) is 25.7 Å². The third-order valence-corrected chi connectivity index (χ3v) is 4.66. The van der Waals surface area contributed by atoms with Gasteiger partial charge in [-0.25, -0.2) is 4.79 Å². The van der Waals surface area contributed by atoms with Crippen molar-refractivity contribution in [1.82, 2.24) is 4.90 Å². The molecule has 0 aromatic heterocycles. The molecule has 27 heavy (non-hydrogen) atoms. The van der Waals surface area contributed by atoms with Crippen LogP contribution in [0.2, 0.25) is 0 Å². The van der Waals surface area contributed by atoms with E-state index in [2.05, 4.69) is 5.32 Å². The van der Waals surface area contributed by atoms with Gasteiger partial charge in [-0.1, -0.05) is 19.4 Å². The number of benzene rings is 1. The van der Waals surface area contributed by atoms with Crippen molar-refractivity contribution in [2.75, 3.05) is 18.5 Å². The highest BCUT2D eigenvalue weighted by Gasteiger charge is 2.32. The lowest BCUT2D eigenvalue weighted by Crippen LogP contribution is -2.48. The van der Waals surface area contributed by atoms with Crippen LogP contribution in [0, 0.1) is 0 Å². The number of likely N-dealkylation sites (tertiary alicyclic amines) is 1. The van der Waals surface area contributed by atoms with Crippen molar-refractivity contribution in [2.24, 2.45) is 0 Å². The SMILES string of the molecule is CCCCOC(C)C(=O)Nc1cccc(C(=O)N2CCCCC2C(=O)O)c1. The molecule has 1 aliphatic rings. The number of anilines is 1. The molecule has 0 saturated carbocycles. The number of rotatable bonds is 8. The Kier molecular flexibility index (Phi) is 7.79. The van der Waals surface area contributed by atoms with Crippen LogP contribution in [0.3, 0.4) is 0 Å². The number of nitrogens with zero attached hydrogens (tertiary/aromatic N) is 1. The molecule has 0 bridgehead atoms. The second-order valence-electron chi connectivity index (χ2n) is 6.78. The maximum absolute atomic E-state index is 12.8. The van der Waals surface area contributed by atoms with Gasteiger partial charge >= 0.3 is 5.97 Å². The lowest BCUT2D eigenvalue weighted by molar-refractivity contribution is -0.143. The van der Waals surface area contributed by atoms with Crippen LogP contribution in [0.15, 0.2) is 24.3 Å². The molecule has 2 atom stereocenters. The van der Waals surface area contributed by atoms with Crippen molar-refractivity contribution in [2.45, 2.75) is 58.1 Å². The number of carboxylic acid groups (broad SMARTS) is 1.